The second-order valence-corrected chi connectivity index (χ2v) is 11.0. The first-order valence-electron chi connectivity index (χ1n) is 17.9. The van der Waals surface area contributed by atoms with Crippen LogP contribution in [-0.2, 0) is 33.2 Å². The Balaban J connectivity index is 5.69. The predicted octanol–water partition coefficient (Wildman–Crippen LogP) is 10.6. The highest BCUT2D eigenvalue weighted by atomic mass is 16.7. The van der Waals surface area contributed by atoms with Crippen LogP contribution in [0.15, 0.2) is 23.0 Å². The van der Waals surface area contributed by atoms with Crippen LogP contribution in [0.4, 0.5) is 0 Å². The number of hydrogen-bond acceptors (Lipinski definition) is 7. The second-order valence-electron chi connectivity index (χ2n) is 11.0. The number of unbranched alkanes of at least 4 members (excludes halogenated alkanes) is 8. The second kappa shape index (κ2) is 30.6. The van der Waals surface area contributed by atoms with Crippen molar-refractivity contribution in [1.29, 1.82) is 0 Å². The van der Waals surface area contributed by atoms with Crippen LogP contribution in [0.1, 0.15) is 158 Å². The highest BCUT2D eigenvalue weighted by Crippen LogP contribution is 2.26. The van der Waals surface area contributed by atoms with Gasteiger partial charge in [-0.1, -0.05) is 91.9 Å². The molecule has 0 aliphatic carbocycles. The average molecular weight is 615 g/mol. The predicted molar refractivity (Wildman–Crippen MR) is 178 cm³/mol. The maximum Gasteiger partial charge on any atom is 0.162 e. The van der Waals surface area contributed by atoms with Crippen molar-refractivity contribution in [2.24, 2.45) is 0 Å². The summed E-state index contributed by atoms with van der Waals surface area (Å²) in [7, 11) is 0. The Labute approximate surface area is 266 Å². The lowest BCUT2D eigenvalue weighted by Gasteiger charge is -2.26. The fourth-order valence-electron chi connectivity index (χ4n) is 5.00. The molecule has 0 radical (unpaired) electrons. The summed E-state index contributed by atoms with van der Waals surface area (Å²) in [4.78, 5) is 0. The Morgan fingerprint density at radius 3 is 1.09 bits per heavy atom. The summed E-state index contributed by atoms with van der Waals surface area (Å²) in [6.07, 6.45) is 16.6. The Morgan fingerprint density at radius 2 is 0.767 bits per heavy atom. The molecule has 0 heterocycles. The van der Waals surface area contributed by atoms with E-state index in [0.717, 1.165) is 113 Å². The molecule has 0 amide bonds. The molecule has 0 spiro atoms. The minimum atomic E-state index is -0.211. The van der Waals surface area contributed by atoms with Crippen LogP contribution in [0.3, 0.4) is 0 Å². The number of rotatable bonds is 32. The van der Waals surface area contributed by atoms with E-state index in [4.69, 9.17) is 33.2 Å². The molecule has 0 N–H and O–H groups in total. The van der Waals surface area contributed by atoms with Gasteiger partial charge in [-0.25, -0.2) is 0 Å². The molecule has 256 valence electrons. The first kappa shape index (κ1) is 41.6. The van der Waals surface area contributed by atoms with Crippen LogP contribution in [0.5, 0.6) is 0 Å². The third-order valence-electron chi connectivity index (χ3n) is 7.23. The van der Waals surface area contributed by atoms with Gasteiger partial charge in [0.15, 0.2) is 25.1 Å². The Morgan fingerprint density at radius 1 is 0.419 bits per heavy atom. The maximum absolute atomic E-state index is 6.34. The lowest BCUT2D eigenvalue weighted by atomic mass is 10.1. The molecular weight excluding hydrogens is 544 g/mol. The van der Waals surface area contributed by atoms with E-state index in [1.165, 1.54) is 12.8 Å². The summed E-state index contributed by atoms with van der Waals surface area (Å²) in [6, 6.07) is 0. The minimum absolute atomic E-state index is 0.117. The van der Waals surface area contributed by atoms with Gasteiger partial charge in [0, 0.05) is 12.8 Å². The molecule has 0 aromatic carbocycles. The van der Waals surface area contributed by atoms with Gasteiger partial charge in [-0.2, -0.15) is 0 Å². The topological polar surface area (TPSA) is 64.6 Å². The van der Waals surface area contributed by atoms with Crippen molar-refractivity contribution < 1.29 is 33.2 Å². The Kier molecular flexibility index (Phi) is 29.6. The van der Waals surface area contributed by atoms with Crippen molar-refractivity contribution in [2.75, 3.05) is 40.0 Å². The van der Waals surface area contributed by atoms with Crippen LogP contribution in [0.2, 0.25) is 0 Å². The van der Waals surface area contributed by atoms with Gasteiger partial charge in [-0.15, -0.1) is 0 Å². The van der Waals surface area contributed by atoms with E-state index in [0.29, 0.717) is 26.4 Å². The van der Waals surface area contributed by atoms with E-state index in [1.807, 2.05) is 27.7 Å². The summed E-state index contributed by atoms with van der Waals surface area (Å²) in [5.41, 5.74) is 0. The zero-order valence-corrected chi connectivity index (χ0v) is 29.6. The molecule has 2 unspecified atom stereocenters. The van der Waals surface area contributed by atoms with Crippen molar-refractivity contribution in [3.05, 3.63) is 23.0 Å². The minimum Gasteiger partial charge on any atom is -0.495 e. The molecule has 2 atom stereocenters. The molecule has 0 bridgehead atoms. The van der Waals surface area contributed by atoms with Gasteiger partial charge in [0.05, 0.1) is 26.4 Å². The largest absolute Gasteiger partial charge is 0.495 e. The number of allylic oxidation sites excluding steroid dienone is 2. The third-order valence-corrected chi connectivity index (χ3v) is 7.23. The summed E-state index contributed by atoms with van der Waals surface area (Å²) in [5.74, 6) is 3.50. The SMILES string of the molecule is CCCCCC(OCC)=C(OCC)C(CCCCC)OCOCOC(CCCCC)C(OCC)=C(CCCCC)OCC. The van der Waals surface area contributed by atoms with Gasteiger partial charge in [0.25, 0.3) is 0 Å². The summed E-state index contributed by atoms with van der Waals surface area (Å²) < 4.78 is 43.2. The molecule has 0 saturated heterocycles. The first-order chi connectivity index (χ1) is 21.1. The summed E-state index contributed by atoms with van der Waals surface area (Å²) in [5, 5.41) is 0. The molecule has 0 rings (SSSR count). The molecule has 7 nitrogen and oxygen atoms in total. The summed E-state index contributed by atoms with van der Waals surface area (Å²) in [6.45, 7) is 19.6. The molecule has 0 aliphatic rings. The van der Waals surface area contributed by atoms with Gasteiger partial charge in [0.1, 0.15) is 23.7 Å². The normalized spacial score (nSPS) is 14.1. The highest BCUT2D eigenvalue weighted by Gasteiger charge is 2.24. The van der Waals surface area contributed by atoms with Crippen LogP contribution < -0.4 is 0 Å². The van der Waals surface area contributed by atoms with Crippen LogP contribution in [0.25, 0.3) is 0 Å². The van der Waals surface area contributed by atoms with Gasteiger partial charge in [-0.3, -0.25) is 0 Å². The van der Waals surface area contributed by atoms with Crippen LogP contribution >= 0.6 is 0 Å². The third kappa shape index (κ3) is 20.3. The molecule has 0 aromatic rings. The van der Waals surface area contributed by atoms with Gasteiger partial charge in [0.2, 0.25) is 0 Å². The monoisotopic (exact) mass is 615 g/mol. The van der Waals surface area contributed by atoms with Crippen molar-refractivity contribution in [1.82, 2.24) is 0 Å². The number of hydrogen-bond donors (Lipinski definition) is 0. The van der Waals surface area contributed by atoms with Gasteiger partial charge in [-0.05, 0) is 53.4 Å². The molecule has 0 aromatic heterocycles. The van der Waals surface area contributed by atoms with E-state index in [2.05, 4.69) is 27.7 Å². The van der Waals surface area contributed by atoms with Gasteiger partial charge < -0.3 is 33.2 Å². The van der Waals surface area contributed by atoms with E-state index in [1.54, 1.807) is 0 Å². The number of ether oxygens (including phenoxy) is 7. The highest BCUT2D eigenvalue weighted by molar-refractivity contribution is 5.09. The lowest BCUT2D eigenvalue weighted by molar-refractivity contribution is -0.167. The molecule has 0 fully saturated rings. The van der Waals surface area contributed by atoms with Crippen LogP contribution in [-0.4, -0.2) is 52.2 Å². The Hall–Kier alpha value is -1.44. The zero-order valence-electron chi connectivity index (χ0n) is 29.6. The molecule has 0 saturated carbocycles. The van der Waals surface area contributed by atoms with Crippen molar-refractivity contribution in [3.63, 3.8) is 0 Å². The summed E-state index contributed by atoms with van der Waals surface area (Å²) >= 11 is 0. The lowest BCUT2D eigenvalue weighted by Crippen LogP contribution is -2.25. The van der Waals surface area contributed by atoms with E-state index in [-0.39, 0.29) is 25.8 Å². The molecular formula is C36H70O7. The maximum atomic E-state index is 6.34. The van der Waals surface area contributed by atoms with Crippen LogP contribution in [0, 0.1) is 0 Å². The molecule has 43 heavy (non-hydrogen) atoms. The quantitative estimate of drug-likeness (QED) is 0.0424. The van der Waals surface area contributed by atoms with E-state index in [9.17, 15) is 0 Å². The standard InChI is InChI=1S/C36H70O7/c1-9-17-21-25-31(38-13-5)35(40-15-7)33(27-23-19-11-3)42-29-37-30-43-34(28-24-20-12-4)36(41-16-8)32(39-14-6)26-22-18-10-2/h33-34H,9-30H2,1-8H3. The first-order valence-corrected chi connectivity index (χ1v) is 17.9. The molecule has 7 heteroatoms. The van der Waals surface area contributed by atoms with Gasteiger partial charge >= 0.3 is 0 Å². The smallest absolute Gasteiger partial charge is 0.162 e. The average Bonchev–Trinajstić information content (AvgIpc) is 3.00. The van der Waals surface area contributed by atoms with Crippen molar-refractivity contribution >= 4 is 0 Å². The van der Waals surface area contributed by atoms with Crippen molar-refractivity contribution in [3.8, 4) is 0 Å². The zero-order chi connectivity index (χ0) is 32.0. The fraction of sp³-hybridized carbons (Fsp3) is 0.889. The van der Waals surface area contributed by atoms with E-state index >= 15 is 0 Å². The van der Waals surface area contributed by atoms with Crippen molar-refractivity contribution in [2.45, 2.75) is 170 Å². The Bertz CT molecular complexity index is 621. The fourth-order valence-corrected chi connectivity index (χ4v) is 5.00. The molecule has 0 aliphatic heterocycles. The van der Waals surface area contributed by atoms with E-state index < -0.39 is 0 Å².